The Hall–Kier alpha value is 0.956. The van der Waals surface area contributed by atoms with Crippen molar-refractivity contribution in [3.63, 3.8) is 0 Å². The molecule has 0 aliphatic heterocycles. The number of hydrogen-bond acceptors (Lipinski definition) is 3. The Kier molecular flexibility index (Phi) is 6.97. The molecule has 0 aromatic heterocycles. The molecule has 0 radical (unpaired) electrons. The molecule has 0 aliphatic rings. The van der Waals surface area contributed by atoms with Crippen LogP contribution in [0.3, 0.4) is 0 Å². The van der Waals surface area contributed by atoms with Crippen LogP contribution in [-0.4, -0.2) is 66.4 Å². The molecule has 6 heteroatoms. The average molecular weight is 258 g/mol. The van der Waals surface area contributed by atoms with Crippen LogP contribution in [0.2, 0.25) is 0 Å². The van der Waals surface area contributed by atoms with Gasteiger partial charge in [-0.15, -0.1) is 0 Å². The fourth-order valence-electron chi connectivity index (χ4n) is 0.875. The molecule has 0 fully saturated rings. The molecule has 1 aromatic rings. The van der Waals surface area contributed by atoms with Crippen LogP contribution in [0.4, 0.5) is 0 Å². The van der Waals surface area contributed by atoms with Gasteiger partial charge in [-0.05, 0) is 42.9 Å². The van der Waals surface area contributed by atoms with Crippen LogP contribution in [-0.2, 0) is 8.87 Å². The molecule has 14 heavy (non-hydrogen) atoms. The summed E-state index contributed by atoms with van der Waals surface area (Å²) in [7, 11) is -3.40. The van der Waals surface area contributed by atoms with Gasteiger partial charge in [-0.25, -0.2) is 8.42 Å². The molecule has 1 rings (SSSR count). The van der Waals surface area contributed by atoms with Gasteiger partial charge in [-0.1, -0.05) is 0 Å². The van der Waals surface area contributed by atoms with Gasteiger partial charge in [-0.2, -0.15) is 0 Å². The van der Waals surface area contributed by atoms with E-state index in [0.29, 0.717) is 12.4 Å². The fourth-order valence-corrected chi connectivity index (χ4v) is 1.72. The van der Waals surface area contributed by atoms with Crippen molar-refractivity contribution in [1.29, 1.82) is 0 Å². The number of ether oxygens (including phenoxy) is 1. The first-order chi connectivity index (χ1) is 6.04. The molecule has 1 aromatic carbocycles. The van der Waals surface area contributed by atoms with E-state index in [1.807, 2.05) is 6.92 Å². The summed E-state index contributed by atoms with van der Waals surface area (Å²) in [5.41, 5.74) is 0. The Morgan fingerprint density at radius 1 is 1.29 bits per heavy atom. The van der Waals surface area contributed by atoms with Gasteiger partial charge in [0.15, 0.2) is 0 Å². The molecular weight excluding hydrogens is 247 g/mol. The SMILES string of the molecule is CCOc1ccc(S(=O)(=O)S)cc1.[KH]. The molecule has 0 unspecified atom stereocenters. The van der Waals surface area contributed by atoms with Gasteiger partial charge in [0.2, 0.25) is 8.87 Å². The van der Waals surface area contributed by atoms with Crippen LogP contribution in [0.1, 0.15) is 6.92 Å². The standard InChI is InChI=1S/C8H10O3S2.K.H/c1-2-11-7-3-5-8(6-4-7)13(9,10)12;;/h3-6H,2H2,1H3,(H,9,10,12);;. The zero-order chi connectivity index (χ0) is 9.90. The second-order valence-electron chi connectivity index (χ2n) is 2.38. The van der Waals surface area contributed by atoms with Crippen LogP contribution in [0.5, 0.6) is 5.75 Å². The summed E-state index contributed by atoms with van der Waals surface area (Å²) in [6.45, 7) is 2.43. The van der Waals surface area contributed by atoms with Crippen LogP contribution in [0.15, 0.2) is 29.2 Å². The monoisotopic (exact) mass is 258 g/mol. The molecule has 0 atom stereocenters. The zero-order valence-electron chi connectivity index (χ0n) is 7.10. The number of benzene rings is 1. The summed E-state index contributed by atoms with van der Waals surface area (Å²) in [5, 5.41) is 0. The Labute approximate surface area is 131 Å². The molecule has 0 heterocycles. The first kappa shape index (κ1) is 15.0. The van der Waals surface area contributed by atoms with E-state index in [4.69, 9.17) is 4.74 Å². The third kappa shape index (κ3) is 4.65. The van der Waals surface area contributed by atoms with Crippen LogP contribution in [0, 0.1) is 0 Å². The van der Waals surface area contributed by atoms with Crippen LogP contribution < -0.4 is 4.74 Å². The fraction of sp³-hybridized carbons (Fsp3) is 0.250. The summed E-state index contributed by atoms with van der Waals surface area (Å²) in [6.07, 6.45) is 0. The first-order valence-electron chi connectivity index (χ1n) is 3.74. The van der Waals surface area contributed by atoms with E-state index in [1.54, 1.807) is 12.1 Å². The Morgan fingerprint density at radius 3 is 2.14 bits per heavy atom. The summed E-state index contributed by atoms with van der Waals surface area (Å²) in [5.74, 6) is 0.656. The third-order valence-corrected chi connectivity index (χ3v) is 2.93. The Balaban J connectivity index is 0.00000169. The van der Waals surface area contributed by atoms with Gasteiger partial charge < -0.3 is 4.74 Å². The first-order valence-corrected chi connectivity index (χ1v) is 6.28. The van der Waals surface area contributed by atoms with Crippen molar-refractivity contribution in [3.8, 4) is 5.75 Å². The van der Waals surface area contributed by atoms with Crippen molar-refractivity contribution in [2.45, 2.75) is 11.8 Å². The predicted molar refractivity (Wildman–Crippen MR) is 60.9 cm³/mol. The number of thiol groups is 1. The molecule has 0 saturated carbocycles. The van der Waals surface area contributed by atoms with Crippen molar-refractivity contribution in [2.75, 3.05) is 6.61 Å². The van der Waals surface area contributed by atoms with Crippen LogP contribution in [0.25, 0.3) is 0 Å². The normalized spacial score (nSPS) is 10.4. The van der Waals surface area contributed by atoms with Gasteiger partial charge in [-0.3, -0.25) is 0 Å². The minimum absolute atomic E-state index is 0. The van der Waals surface area contributed by atoms with E-state index >= 15 is 0 Å². The third-order valence-electron chi connectivity index (χ3n) is 1.43. The van der Waals surface area contributed by atoms with E-state index in [9.17, 15) is 8.42 Å². The quantitative estimate of drug-likeness (QED) is 0.501. The molecule has 0 saturated heterocycles. The number of rotatable bonds is 3. The van der Waals surface area contributed by atoms with Gasteiger partial charge in [0.05, 0.1) is 11.5 Å². The van der Waals surface area contributed by atoms with E-state index in [-0.39, 0.29) is 56.3 Å². The van der Waals surface area contributed by atoms with Crippen molar-refractivity contribution in [2.24, 2.45) is 0 Å². The molecule has 0 bridgehead atoms. The van der Waals surface area contributed by atoms with E-state index in [2.05, 4.69) is 11.7 Å². The summed E-state index contributed by atoms with van der Waals surface area (Å²) >= 11 is 3.46. The van der Waals surface area contributed by atoms with Crippen molar-refractivity contribution >= 4 is 71.9 Å². The molecule has 3 nitrogen and oxygen atoms in total. The molecule has 0 spiro atoms. The van der Waals surface area contributed by atoms with E-state index in [0.717, 1.165) is 0 Å². The van der Waals surface area contributed by atoms with Crippen molar-refractivity contribution in [3.05, 3.63) is 24.3 Å². The second kappa shape index (κ2) is 6.52. The topological polar surface area (TPSA) is 43.4 Å². The molecule has 0 amide bonds. The van der Waals surface area contributed by atoms with E-state index < -0.39 is 8.87 Å². The maximum absolute atomic E-state index is 10.9. The number of hydrogen-bond donors (Lipinski definition) is 1. The molecule has 0 aliphatic carbocycles. The molecule has 74 valence electrons. The van der Waals surface area contributed by atoms with E-state index in [1.165, 1.54) is 12.1 Å². The van der Waals surface area contributed by atoms with Gasteiger partial charge in [0.1, 0.15) is 5.75 Å². The zero-order valence-corrected chi connectivity index (χ0v) is 8.81. The maximum atomic E-state index is 10.9. The predicted octanol–water partition coefficient (Wildman–Crippen LogP) is 1.06. The van der Waals surface area contributed by atoms with Gasteiger partial charge in [0, 0.05) is 0 Å². The Morgan fingerprint density at radius 2 is 1.79 bits per heavy atom. The molecule has 0 N–H and O–H groups in total. The summed E-state index contributed by atoms with van der Waals surface area (Å²) in [6, 6.07) is 6.14. The van der Waals surface area contributed by atoms with Gasteiger partial charge >= 0.3 is 51.4 Å². The van der Waals surface area contributed by atoms with Crippen LogP contribution >= 0.6 is 11.7 Å². The molecular formula is C8H11KO3S2. The Bertz CT molecular complexity index is 372. The van der Waals surface area contributed by atoms with Gasteiger partial charge in [0.25, 0.3) is 0 Å². The second-order valence-corrected chi connectivity index (χ2v) is 5.24. The van der Waals surface area contributed by atoms with Crippen molar-refractivity contribution in [1.82, 2.24) is 0 Å². The van der Waals surface area contributed by atoms with Crippen molar-refractivity contribution < 1.29 is 13.2 Å². The summed E-state index contributed by atoms with van der Waals surface area (Å²) < 4.78 is 27.0. The summed E-state index contributed by atoms with van der Waals surface area (Å²) in [4.78, 5) is 0.180. The average Bonchev–Trinajstić information content (AvgIpc) is 2.04. The minimum atomic E-state index is -3.40.